The molecule has 1 N–H and O–H groups in total. The van der Waals surface area contributed by atoms with Crippen LogP contribution in [-0.4, -0.2) is 10.1 Å². The van der Waals surface area contributed by atoms with Gasteiger partial charge in [-0.25, -0.2) is 0 Å². The van der Waals surface area contributed by atoms with Gasteiger partial charge in [0.2, 0.25) is 0 Å². The van der Waals surface area contributed by atoms with Crippen molar-refractivity contribution in [3.8, 4) is 0 Å². The molecule has 1 heterocycles. The molecule has 1 aromatic rings. The summed E-state index contributed by atoms with van der Waals surface area (Å²) in [7, 11) is 0. The molecule has 1 aromatic heterocycles. The summed E-state index contributed by atoms with van der Waals surface area (Å²) < 4.78 is 35.9. The molecular weight excluding hydrogens is 171 g/mol. The Morgan fingerprint density at radius 3 is 2.50 bits per heavy atom. The van der Waals surface area contributed by atoms with Crippen LogP contribution in [0.15, 0.2) is 18.5 Å². The number of rotatable bonds is 1. The Labute approximate surface area is 66.7 Å². The molecule has 12 heavy (non-hydrogen) atoms. The average molecular weight is 177 g/mol. The monoisotopic (exact) mass is 177 g/mol. The molecule has 66 valence electrons. The van der Waals surface area contributed by atoms with Crippen molar-refractivity contribution in [1.29, 1.82) is 0 Å². The van der Waals surface area contributed by atoms with Crippen molar-refractivity contribution in [3.63, 3.8) is 0 Å². The number of aliphatic hydroxyl groups excluding tert-OH is 1. The van der Waals surface area contributed by atoms with E-state index >= 15 is 0 Å². The summed E-state index contributed by atoms with van der Waals surface area (Å²) >= 11 is 0. The van der Waals surface area contributed by atoms with Crippen molar-refractivity contribution in [3.05, 3.63) is 29.6 Å². The highest BCUT2D eigenvalue weighted by Crippen LogP contribution is 2.28. The van der Waals surface area contributed by atoms with Crippen LogP contribution in [0.3, 0.4) is 0 Å². The molecule has 0 unspecified atom stereocenters. The van der Waals surface area contributed by atoms with Crippen LogP contribution in [0.2, 0.25) is 0 Å². The maximum absolute atomic E-state index is 12.0. The molecule has 0 amide bonds. The van der Waals surface area contributed by atoms with Crippen molar-refractivity contribution in [2.75, 3.05) is 0 Å². The zero-order chi connectivity index (χ0) is 9.19. The van der Waals surface area contributed by atoms with Crippen LogP contribution in [0.25, 0.3) is 0 Å². The van der Waals surface area contributed by atoms with E-state index in [9.17, 15) is 13.2 Å². The number of nitrogens with zero attached hydrogens (tertiary/aromatic N) is 1. The van der Waals surface area contributed by atoms with Gasteiger partial charge < -0.3 is 5.11 Å². The van der Waals surface area contributed by atoms with Gasteiger partial charge in [0.05, 0.1) is 12.2 Å². The number of alkyl halides is 3. The summed E-state index contributed by atoms with van der Waals surface area (Å²) in [4.78, 5) is 3.34. The Morgan fingerprint density at radius 1 is 1.33 bits per heavy atom. The fourth-order valence-corrected chi connectivity index (χ4v) is 0.729. The van der Waals surface area contributed by atoms with E-state index in [1.165, 1.54) is 6.20 Å². The minimum absolute atomic E-state index is 0.157. The summed E-state index contributed by atoms with van der Waals surface area (Å²) in [5, 5.41) is 8.52. The first-order valence-corrected chi connectivity index (χ1v) is 3.16. The molecule has 2 nitrogen and oxygen atoms in total. The van der Waals surface area contributed by atoms with Gasteiger partial charge in [-0.1, -0.05) is 0 Å². The molecule has 0 aliphatic heterocycles. The first kappa shape index (κ1) is 8.99. The Balaban J connectivity index is 3.02. The Hall–Kier alpha value is -1.10. The summed E-state index contributed by atoms with van der Waals surface area (Å²) in [5.41, 5.74) is -0.682. The van der Waals surface area contributed by atoms with Crippen LogP contribution >= 0.6 is 0 Å². The normalized spacial score (nSPS) is 11.7. The third-order valence-corrected chi connectivity index (χ3v) is 1.30. The van der Waals surface area contributed by atoms with Crippen molar-refractivity contribution >= 4 is 0 Å². The van der Waals surface area contributed by atoms with E-state index in [0.29, 0.717) is 0 Å². The number of aliphatic hydroxyl groups is 1. The number of hydrogen-bond acceptors (Lipinski definition) is 2. The van der Waals surface area contributed by atoms with Gasteiger partial charge in [0.25, 0.3) is 0 Å². The highest BCUT2D eigenvalue weighted by atomic mass is 19.4. The Bertz CT molecular complexity index is 272. The zero-order valence-electron chi connectivity index (χ0n) is 5.97. The highest BCUT2D eigenvalue weighted by Gasteiger charge is 2.30. The second-order valence-corrected chi connectivity index (χ2v) is 2.24. The smallest absolute Gasteiger partial charge is 0.392 e. The molecule has 0 spiro atoms. The van der Waals surface area contributed by atoms with Gasteiger partial charge in [0, 0.05) is 12.4 Å². The van der Waals surface area contributed by atoms with Crippen LogP contribution in [0, 0.1) is 0 Å². The lowest BCUT2D eigenvalue weighted by molar-refractivity contribution is -0.137. The lowest BCUT2D eigenvalue weighted by atomic mass is 10.2. The molecule has 0 saturated heterocycles. The van der Waals surface area contributed by atoms with Gasteiger partial charge in [0.1, 0.15) is 0 Å². The first-order chi connectivity index (χ1) is 5.54. The molecule has 0 saturated carbocycles. The van der Waals surface area contributed by atoms with E-state index in [2.05, 4.69) is 4.98 Å². The van der Waals surface area contributed by atoms with E-state index in [0.717, 1.165) is 12.3 Å². The van der Waals surface area contributed by atoms with Gasteiger partial charge in [-0.15, -0.1) is 0 Å². The molecule has 0 aliphatic rings. The van der Waals surface area contributed by atoms with Crippen molar-refractivity contribution in [2.24, 2.45) is 0 Å². The third-order valence-electron chi connectivity index (χ3n) is 1.30. The van der Waals surface area contributed by atoms with Gasteiger partial charge in [-0.05, 0) is 11.6 Å². The standard InChI is InChI=1S/C7H6F3NO/c8-7(9,10)6-1-5(4-12)2-11-3-6/h1-3,12H,4H2. The fraction of sp³-hybridized carbons (Fsp3) is 0.286. The van der Waals surface area contributed by atoms with Crippen molar-refractivity contribution in [1.82, 2.24) is 4.98 Å². The average Bonchev–Trinajstić information content (AvgIpc) is 2.03. The topological polar surface area (TPSA) is 33.1 Å². The minimum atomic E-state index is -4.39. The SMILES string of the molecule is OCc1cncc(C(F)(F)F)c1. The number of pyridine rings is 1. The largest absolute Gasteiger partial charge is 0.417 e. The summed E-state index contributed by atoms with van der Waals surface area (Å²) in [6.07, 6.45) is -2.48. The molecule has 1 rings (SSSR count). The second-order valence-electron chi connectivity index (χ2n) is 2.24. The molecule has 0 atom stereocenters. The summed E-state index contributed by atoms with van der Waals surface area (Å²) in [6.45, 7) is -0.434. The predicted molar refractivity (Wildman–Crippen MR) is 35.2 cm³/mol. The van der Waals surface area contributed by atoms with Crippen LogP contribution in [-0.2, 0) is 12.8 Å². The van der Waals surface area contributed by atoms with Crippen LogP contribution < -0.4 is 0 Å². The van der Waals surface area contributed by atoms with Crippen molar-refractivity contribution < 1.29 is 18.3 Å². The molecule has 0 bridgehead atoms. The Kier molecular flexibility index (Phi) is 2.32. The lowest BCUT2D eigenvalue weighted by Gasteiger charge is -2.05. The van der Waals surface area contributed by atoms with E-state index in [1.54, 1.807) is 0 Å². The fourth-order valence-electron chi connectivity index (χ4n) is 0.729. The van der Waals surface area contributed by atoms with E-state index < -0.39 is 18.3 Å². The molecule has 0 aromatic carbocycles. The van der Waals surface area contributed by atoms with Crippen molar-refractivity contribution in [2.45, 2.75) is 12.8 Å². The van der Waals surface area contributed by atoms with Crippen LogP contribution in [0.4, 0.5) is 13.2 Å². The summed E-state index contributed by atoms with van der Waals surface area (Å²) in [6, 6.07) is 0.868. The summed E-state index contributed by atoms with van der Waals surface area (Å²) in [5.74, 6) is 0. The number of aromatic nitrogens is 1. The molecule has 0 fully saturated rings. The minimum Gasteiger partial charge on any atom is -0.392 e. The number of halogens is 3. The lowest BCUT2D eigenvalue weighted by Crippen LogP contribution is -2.06. The van der Waals surface area contributed by atoms with Crippen LogP contribution in [0.5, 0.6) is 0 Å². The quantitative estimate of drug-likeness (QED) is 0.706. The van der Waals surface area contributed by atoms with E-state index in [-0.39, 0.29) is 5.56 Å². The van der Waals surface area contributed by atoms with Gasteiger partial charge in [-0.2, -0.15) is 13.2 Å². The zero-order valence-corrected chi connectivity index (χ0v) is 5.97. The van der Waals surface area contributed by atoms with Gasteiger partial charge in [-0.3, -0.25) is 4.98 Å². The first-order valence-electron chi connectivity index (χ1n) is 3.16. The highest BCUT2D eigenvalue weighted by molar-refractivity contribution is 5.19. The second kappa shape index (κ2) is 3.10. The molecule has 0 radical (unpaired) electrons. The molecule has 5 heteroatoms. The van der Waals surface area contributed by atoms with Gasteiger partial charge in [0.15, 0.2) is 0 Å². The maximum Gasteiger partial charge on any atom is 0.417 e. The van der Waals surface area contributed by atoms with E-state index in [4.69, 9.17) is 5.11 Å². The molecule has 0 aliphatic carbocycles. The number of hydrogen-bond donors (Lipinski definition) is 1. The van der Waals surface area contributed by atoms with Crippen LogP contribution in [0.1, 0.15) is 11.1 Å². The maximum atomic E-state index is 12.0. The van der Waals surface area contributed by atoms with Gasteiger partial charge >= 0.3 is 6.18 Å². The van der Waals surface area contributed by atoms with E-state index in [1.807, 2.05) is 0 Å². The Morgan fingerprint density at radius 2 is 2.00 bits per heavy atom. The molecular formula is C7H6F3NO. The predicted octanol–water partition coefficient (Wildman–Crippen LogP) is 1.59. The third kappa shape index (κ3) is 1.94.